The molecule has 18 heavy (non-hydrogen) atoms. The minimum atomic E-state index is -0.966. The second kappa shape index (κ2) is 4.75. The van der Waals surface area contributed by atoms with Gasteiger partial charge in [0.25, 0.3) is 0 Å². The summed E-state index contributed by atoms with van der Waals surface area (Å²) in [5.41, 5.74) is 1.90. The van der Waals surface area contributed by atoms with Gasteiger partial charge in [-0.25, -0.2) is 4.79 Å². The van der Waals surface area contributed by atoms with Gasteiger partial charge in [-0.1, -0.05) is 6.07 Å². The Morgan fingerprint density at radius 1 is 1.39 bits per heavy atom. The van der Waals surface area contributed by atoms with Crippen LogP contribution in [0.25, 0.3) is 11.3 Å². The third-order valence-corrected chi connectivity index (χ3v) is 2.58. The highest BCUT2D eigenvalue weighted by Gasteiger charge is 2.10. The van der Waals surface area contributed by atoms with Crippen LogP contribution in [0.3, 0.4) is 0 Å². The number of benzene rings is 1. The van der Waals surface area contributed by atoms with Crippen LogP contribution in [0.4, 0.5) is 0 Å². The highest BCUT2D eigenvalue weighted by molar-refractivity contribution is 5.89. The first-order valence-corrected chi connectivity index (χ1v) is 5.29. The second-order valence-electron chi connectivity index (χ2n) is 3.82. The van der Waals surface area contributed by atoms with Crippen molar-refractivity contribution in [3.05, 3.63) is 47.2 Å². The maximum atomic E-state index is 10.9. The number of nitrogens with two attached hydrogens (primary N) is 1. The van der Waals surface area contributed by atoms with Gasteiger partial charge in [-0.3, -0.25) is 0 Å². The van der Waals surface area contributed by atoms with Crippen molar-refractivity contribution in [2.75, 3.05) is 0 Å². The van der Waals surface area contributed by atoms with Gasteiger partial charge >= 0.3 is 5.97 Å². The first kappa shape index (κ1) is 11.9. The molecule has 1 aromatic carbocycles. The molecule has 0 bridgehead atoms. The number of carboxylic acids is 1. The molecule has 5 nitrogen and oxygen atoms in total. The highest BCUT2D eigenvalue weighted by atomic mass is 16.4. The molecular weight excluding hydrogens is 232 g/mol. The zero-order chi connectivity index (χ0) is 13.1. The fourth-order valence-electron chi connectivity index (χ4n) is 1.66. The maximum Gasteiger partial charge on any atom is 0.335 e. The third kappa shape index (κ3) is 2.24. The van der Waals surface area contributed by atoms with Gasteiger partial charge in [-0.05, 0) is 36.8 Å². The Bertz CT molecular complexity index is 614. The Hall–Kier alpha value is -2.56. The van der Waals surface area contributed by atoms with Gasteiger partial charge in [0.15, 0.2) is 0 Å². The third-order valence-electron chi connectivity index (χ3n) is 2.58. The Labute approximate surface area is 104 Å². The normalized spacial score (nSPS) is 10.9. The molecule has 92 valence electrons. The van der Waals surface area contributed by atoms with Crippen molar-refractivity contribution in [1.29, 1.82) is 0 Å². The summed E-state index contributed by atoms with van der Waals surface area (Å²) in [7, 11) is 0. The summed E-state index contributed by atoms with van der Waals surface area (Å²) >= 11 is 0. The SMILES string of the molecule is Cc1ccc(C(=O)O)cc1-c1ccc(C=NN)o1. The molecule has 2 rings (SSSR count). The molecule has 0 saturated heterocycles. The topological polar surface area (TPSA) is 88.8 Å². The summed E-state index contributed by atoms with van der Waals surface area (Å²) < 4.78 is 5.50. The summed E-state index contributed by atoms with van der Waals surface area (Å²) in [6.45, 7) is 1.89. The molecule has 0 atom stereocenters. The van der Waals surface area contributed by atoms with E-state index in [4.69, 9.17) is 15.4 Å². The van der Waals surface area contributed by atoms with Gasteiger partial charge in [0.2, 0.25) is 0 Å². The Balaban J connectivity index is 2.48. The molecule has 0 fully saturated rings. The number of aromatic carboxylic acids is 1. The fraction of sp³-hybridized carbons (Fsp3) is 0.0769. The van der Waals surface area contributed by atoms with E-state index >= 15 is 0 Å². The first-order valence-electron chi connectivity index (χ1n) is 5.29. The molecule has 2 aromatic rings. The lowest BCUT2D eigenvalue weighted by Crippen LogP contribution is -1.96. The number of furan rings is 1. The number of aryl methyl sites for hydroxylation is 1. The minimum Gasteiger partial charge on any atom is -0.478 e. The van der Waals surface area contributed by atoms with Crippen molar-refractivity contribution in [3.8, 4) is 11.3 Å². The van der Waals surface area contributed by atoms with Crippen molar-refractivity contribution < 1.29 is 14.3 Å². The van der Waals surface area contributed by atoms with Crippen molar-refractivity contribution >= 4 is 12.2 Å². The van der Waals surface area contributed by atoms with Crippen LogP contribution in [0.2, 0.25) is 0 Å². The van der Waals surface area contributed by atoms with E-state index in [1.165, 1.54) is 6.21 Å². The predicted octanol–water partition coefficient (Wildman–Crippen LogP) is 2.25. The summed E-state index contributed by atoms with van der Waals surface area (Å²) in [6, 6.07) is 8.37. The first-order chi connectivity index (χ1) is 8.61. The molecule has 1 aromatic heterocycles. The fourth-order valence-corrected chi connectivity index (χ4v) is 1.66. The van der Waals surface area contributed by atoms with Gasteiger partial charge in [0, 0.05) is 5.56 Å². The number of hydrazone groups is 1. The number of carboxylic acid groups (broad SMARTS) is 1. The number of carbonyl (C=O) groups is 1. The molecule has 0 unspecified atom stereocenters. The standard InChI is InChI=1S/C13H12N2O3/c1-8-2-3-9(13(16)17)6-11(8)12-5-4-10(18-12)7-15-14/h2-7H,14H2,1H3,(H,16,17). The van der Waals surface area contributed by atoms with Crippen molar-refractivity contribution in [2.45, 2.75) is 6.92 Å². The molecule has 0 amide bonds. The van der Waals surface area contributed by atoms with E-state index in [2.05, 4.69) is 5.10 Å². The van der Waals surface area contributed by atoms with E-state index in [9.17, 15) is 4.79 Å². The summed E-state index contributed by atoms with van der Waals surface area (Å²) in [5, 5.41) is 12.3. The largest absolute Gasteiger partial charge is 0.478 e. The van der Waals surface area contributed by atoms with Crippen LogP contribution in [-0.2, 0) is 0 Å². The smallest absolute Gasteiger partial charge is 0.335 e. The maximum absolute atomic E-state index is 10.9. The molecule has 0 aliphatic carbocycles. The molecule has 0 saturated carbocycles. The molecule has 1 heterocycles. The Morgan fingerprint density at radius 3 is 2.83 bits per heavy atom. The van der Waals surface area contributed by atoms with E-state index in [-0.39, 0.29) is 5.56 Å². The second-order valence-corrected chi connectivity index (χ2v) is 3.82. The lowest BCUT2D eigenvalue weighted by atomic mass is 10.0. The van der Waals surface area contributed by atoms with Crippen molar-refractivity contribution in [2.24, 2.45) is 10.9 Å². The van der Waals surface area contributed by atoms with Crippen LogP contribution in [0.15, 0.2) is 39.9 Å². The quantitative estimate of drug-likeness (QED) is 0.492. The van der Waals surface area contributed by atoms with Crippen LogP contribution in [0.1, 0.15) is 21.7 Å². The summed E-state index contributed by atoms with van der Waals surface area (Å²) in [5.74, 6) is 5.18. The van der Waals surface area contributed by atoms with Crippen LogP contribution < -0.4 is 5.84 Å². The average molecular weight is 244 g/mol. The number of nitrogens with zero attached hydrogens (tertiary/aromatic N) is 1. The van der Waals surface area contributed by atoms with E-state index in [0.29, 0.717) is 11.5 Å². The number of rotatable bonds is 3. The molecule has 0 aliphatic heterocycles. The zero-order valence-corrected chi connectivity index (χ0v) is 9.75. The van der Waals surface area contributed by atoms with E-state index < -0.39 is 5.97 Å². The molecule has 0 spiro atoms. The lowest BCUT2D eigenvalue weighted by molar-refractivity contribution is 0.0697. The lowest BCUT2D eigenvalue weighted by Gasteiger charge is -2.04. The number of hydrogen-bond donors (Lipinski definition) is 2. The molecule has 5 heteroatoms. The summed E-state index contributed by atoms with van der Waals surface area (Å²) in [6.07, 6.45) is 1.39. The van der Waals surface area contributed by atoms with Crippen LogP contribution in [0.5, 0.6) is 0 Å². The Morgan fingerprint density at radius 2 is 2.17 bits per heavy atom. The number of hydrogen-bond acceptors (Lipinski definition) is 4. The van der Waals surface area contributed by atoms with Gasteiger partial charge < -0.3 is 15.4 Å². The molecule has 3 N–H and O–H groups in total. The monoisotopic (exact) mass is 244 g/mol. The predicted molar refractivity (Wildman–Crippen MR) is 67.6 cm³/mol. The van der Waals surface area contributed by atoms with Crippen LogP contribution in [0, 0.1) is 6.92 Å². The summed E-state index contributed by atoms with van der Waals surface area (Å²) in [4.78, 5) is 10.9. The van der Waals surface area contributed by atoms with E-state index in [0.717, 1.165) is 11.1 Å². The highest BCUT2D eigenvalue weighted by Crippen LogP contribution is 2.26. The van der Waals surface area contributed by atoms with Crippen molar-refractivity contribution in [3.63, 3.8) is 0 Å². The van der Waals surface area contributed by atoms with Gasteiger partial charge in [0.1, 0.15) is 11.5 Å². The van der Waals surface area contributed by atoms with E-state index in [1.807, 2.05) is 6.92 Å². The van der Waals surface area contributed by atoms with Crippen molar-refractivity contribution in [1.82, 2.24) is 0 Å². The molecule has 0 radical (unpaired) electrons. The van der Waals surface area contributed by atoms with Crippen LogP contribution >= 0.6 is 0 Å². The minimum absolute atomic E-state index is 0.223. The molecule has 0 aliphatic rings. The van der Waals surface area contributed by atoms with Gasteiger partial charge in [0.05, 0.1) is 11.8 Å². The average Bonchev–Trinajstić information content (AvgIpc) is 2.78. The molecular formula is C13H12N2O3. The van der Waals surface area contributed by atoms with E-state index in [1.54, 1.807) is 30.3 Å². The zero-order valence-electron chi connectivity index (χ0n) is 9.75. The van der Waals surface area contributed by atoms with Gasteiger partial charge in [-0.2, -0.15) is 5.10 Å². The Kier molecular flexibility index (Phi) is 3.14. The van der Waals surface area contributed by atoms with Gasteiger partial charge in [-0.15, -0.1) is 0 Å². The van der Waals surface area contributed by atoms with Crippen LogP contribution in [-0.4, -0.2) is 17.3 Å².